The number of aromatic nitrogens is 2. The smallest absolute Gasteiger partial charge is 0.167 e. The maximum Gasteiger partial charge on any atom is 0.167 e. The van der Waals surface area contributed by atoms with Gasteiger partial charge in [-0.2, -0.15) is 5.10 Å². The first-order valence-electron chi connectivity index (χ1n) is 7.23. The number of ether oxygens (including phenoxy) is 1. The van der Waals surface area contributed by atoms with Gasteiger partial charge in [0.25, 0.3) is 0 Å². The molecule has 0 saturated heterocycles. The molecule has 122 valence electrons. The van der Waals surface area contributed by atoms with Gasteiger partial charge in [0, 0.05) is 31.4 Å². The molecule has 1 aromatic heterocycles. The van der Waals surface area contributed by atoms with E-state index >= 15 is 0 Å². The van der Waals surface area contributed by atoms with Gasteiger partial charge in [-0.25, -0.2) is 4.39 Å². The summed E-state index contributed by atoms with van der Waals surface area (Å²) in [5, 5.41) is 10.1. The Morgan fingerprint density at radius 2 is 2.22 bits per heavy atom. The number of benzene rings is 1. The molecule has 0 atom stereocenters. The Bertz CT molecular complexity index is 721. The van der Waals surface area contributed by atoms with Crippen molar-refractivity contribution in [3.8, 4) is 5.75 Å². The highest BCUT2D eigenvalue weighted by molar-refractivity contribution is 5.62. The lowest BCUT2D eigenvalue weighted by Gasteiger charge is -2.12. The predicted octanol–water partition coefficient (Wildman–Crippen LogP) is 2.88. The molecule has 0 fully saturated rings. The number of aryl methyl sites for hydroxylation is 1. The average molecular weight is 316 g/mol. The molecule has 0 saturated carbocycles. The van der Waals surface area contributed by atoms with Gasteiger partial charge in [0.05, 0.1) is 18.4 Å². The molecule has 0 aliphatic carbocycles. The van der Waals surface area contributed by atoms with Gasteiger partial charge in [0.15, 0.2) is 11.6 Å². The number of likely N-dealkylation sites (N-methyl/N-ethyl adjacent to an activating group) is 1. The molecule has 0 bridgehead atoms. The second-order valence-corrected chi connectivity index (χ2v) is 4.95. The number of halogens is 1. The van der Waals surface area contributed by atoms with Gasteiger partial charge in [0.1, 0.15) is 5.76 Å². The highest BCUT2D eigenvalue weighted by Crippen LogP contribution is 2.24. The molecule has 2 N–H and O–H groups in total. The summed E-state index contributed by atoms with van der Waals surface area (Å²) in [5.74, 6) is 0.336. The van der Waals surface area contributed by atoms with E-state index in [1.54, 1.807) is 43.2 Å². The number of hydrogen-bond donors (Lipinski definition) is 2. The van der Waals surface area contributed by atoms with Crippen LogP contribution in [0.25, 0.3) is 12.2 Å². The molecule has 6 heteroatoms. The summed E-state index contributed by atoms with van der Waals surface area (Å²) in [5.41, 5.74) is 2.42. The minimum absolute atomic E-state index is 0.176. The summed E-state index contributed by atoms with van der Waals surface area (Å²) in [7, 11) is 5.37. The van der Waals surface area contributed by atoms with Crippen molar-refractivity contribution >= 4 is 17.8 Å². The molecule has 23 heavy (non-hydrogen) atoms. The number of rotatable bonds is 7. The molecule has 1 heterocycles. The van der Waals surface area contributed by atoms with Crippen LogP contribution in [-0.2, 0) is 7.05 Å². The van der Waals surface area contributed by atoms with Crippen LogP contribution in [0.4, 0.5) is 10.1 Å². The lowest BCUT2D eigenvalue weighted by atomic mass is 10.2. The molecule has 0 aliphatic heterocycles. The SMILES string of the molecule is C=Cc1c(/C=C(\CNC)Oc2ccc(NC)cc2F)cnn1C. The minimum Gasteiger partial charge on any atom is -0.457 e. The number of anilines is 1. The molecule has 5 nitrogen and oxygen atoms in total. The molecule has 0 spiro atoms. The quantitative estimate of drug-likeness (QED) is 0.771. The Hall–Kier alpha value is -2.60. The first kappa shape index (κ1) is 16.8. The Morgan fingerprint density at radius 3 is 2.83 bits per heavy atom. The van der Waals surface area contributed by atoms with Crippen molar-refractivity contribution in [2.24, 2.45) is 7.05 Å². The Kier molecular flexibility index (Phi) is 5.54. The highest BCUT2D eigenvalue weighted by atomic mass is 19.1. The van der Waals surface area contributed by atoms with Crippen molar-refractivity contribution in [1.29, 1.82) is 0 Å². The highest BCUT2D eigenvalue weighted by Gasteiger charge is 2.10. The third-order valence-electron chi connectivity index (χ3n) is 3.34. The Labute approximate surface area is 135 Å². The van der Waals surface area contributed by atoms with E-state index in [-0.39, 0.29) is 5.75 Å². The van der Waals surface area contributed by atoms with Crippen LogP contribution in [0.2, 0.25) is 0 Å². The van der Waals surface area contributed by atoms with Crippen molar-refractivity contribution in [3.63, 3.8) is 0 Å². The van der Waals surface area contributed by atoms with Crippen LogP contribution in [0.1, 0.15) is 11.3 Å². The van der Waals surface area contributed by atoms with Gasteiger partial charge < -0.3 is 15.4 Å². The van der Waals surface area contributed by atoms with Gasteiger partial charge in [-0.05, 0) is 31.3 Å². The van der Waals surface area contributed by atoms with Gasteiger partial charge in [0.2, 0.25) is 0 Å². The lowest BCUT2D eigenvalue weighted by Crippen LogP contribution is -2.15. The normalized spacial score (nSPS) is 11.4. The van der Waals surface area contributed by atoms with E-state index < -0.39 is 5.82 Å². The number of hydrogen-bond acceptors (Lipinski definition) is 4. The lowest BCUT2D eigenvalue weighted by molar-refractivity contribution is 0.387. The van der Waals surface area contributed by atoms with Gasteiger partial charge in [-0.15, -0.1) is 0 Å². The first-order valence-corrected chi connectivity index (χ1v) is 7.23. The van der Waals surface area contributed by atoms with E-state index in [4.69, 9.17) is 4.74 Å². The molecule has 0 aliphatic rings. The summed E-state index contributed by atoms with van der Waals surface area (Å²) >= 11 is 0. The second-order valence-electron chi connectivity index (χ2n) is 4.95. The van der Waals surface area contributed by atoms with Crippen molar-refractivity contribution in [2.45, 2.75) is 0 Å². The summed E-state index contributed by atoms with van der Waals surface area (Å²) < 4.78 is 21.5. The maximum absolute atomic E-state index is 14.1. The van der Waals surface area contributed by atoms with Crippen LogP contribution in [0.3, 0.4) is 0 Å². The third kappa shape index (κ3) is 3.98. The van der Waals surface area contributed by atoms with Crippen molar-refractivity contribution in [3.05, 3.63) is 53.8 Å². The average Bonchev–Trinajstić information content (AvgIpc) is 2.89. The second kappa shape index (κ2) is 7.60. The summed E-state index contributed by atoms with van der Waals surface area (Å²) in [6.07, 6.45) is 5.26. The molecule has 1 aromatic carbocycles. The molecule has 2 rings (SSSR count). The summed E-state index contributed by atoms with van der Waals surface area (Å²) in [4.78, 5) is 0. The third-order valence-corrected chi connectivity index (χ3v) is 3.34. The van der Waals surface area contributed by atoms with Gasteiger partial charge in [-0.3, -0.25) is 4.68 Å². The van der Waals surface area contributed by atoms with E-state index in [9.17, 15) is 4.39 Å². The molecule has 0 radical (unpaired) electrons. The van der Waals surface area contributed by atoms with Crippen molar-refractivity contribution in [1.82, 2.24) is 15.1 Å². The zero-order chi connectivity index (χ0) is 16.8. The van der Waals surface area contributed by atoms with E-state index in [1.807, 2.05) is 13.1 Å². The molecule has 0 amide bonds. The van der Waals surface area contributed by atoms with Crippen LogP contribution < -0.4 is 15.4 Å². The maximum atomic E-state index is 14.1. The van der Waals surface area contributed by atoms with Crippen LogP contribution in [0, 0.1) is 5.82 Å². The number of nitrogens with zero attached hydrogens (tertiary/aromatic N) is 2. The zero-order valence-corrected chi connectivity index (χ0v) is 13.6. The minimum atomic E-state index is -0.422. The van der Waals surface area contributed by atoms with E-state index in [1.165, 1.54) is 6.07 Å². The van der Waals surface area contributed by atoms with Crippen LogP contribution in [0.5, 0.6) is 5.75 Å². The summed E-state index contributed by atoms with van der Waals surface area (Å²) in [6, 6.07) is 4.75. The fourth-order valence-electron chi connectivity index (χ4n) is 2.17. The fourth-order valence-corrected chi connectivity index (χ4v) is 2.17. The zero-order valence-electron chi connectivity index (χ0n) is 13.6. The number of nitrogens with one attached hydrogen (secondary N) is 2. The largest absolute Gasteiger partial charge is 0.457 e. The standard InChI is InChI=1S/C17H21FN4O/c1-5-16-12(10-21-22(16)4)8-14(11-19-2)23-17-7-6-13(20-3)9-15(17)18/h5-10,19-20H,1,11H2,2-4H3/b14-8+. The van der Waals surface area contributed by atoms with Crippen molar-refractivity contribution in [2.75, 3.05) is 26.0 Å². The molecular weight excluding hydrogens is 295 g/mol. The van der Waals surface area contributed by atoms with Crippen molar-refractivity contribution < 1.29 is 9.13 Å². The molecule has 2 aromatic rings. The van der Waals surface area contributed by atoms with Crippen LogP contribution >= 0.6 is 0 Å². The topological polar surface area (TPSA) is 51.1 Å². The molecular formula is C17H21FN4O. The fraction of sp³-hybridized carbons (Fsp3) is 0.235. The molecule has 0 unspecified atom stereocenters. The van der Waals surface area contributed by atoms with Crippen LogP contribution in [0.15, 0.2) is 36.7 Å². The van der Waals surface area contributed by atoms with E-state index in [0.717, 1.165) is 11.3 Å². The Morgan fingerprint density at radius 1 is 1.43 bits per heavy atom. The van der Waals surface area contributed by atoms with E-state index in [0.29, 0.717) is 18.0 Å². The first-order chi connectivity index (χ1) is 11.1. The van der Waals surface area contributed by atoms with Gasteiger partial charge >= 0.3 is 0 Å². The van der Waals surface area contributed by atoms with Crippen LogP contribution in [-0.4, -0.2) is 30.4 Å². The Balaban J connectivity index is 2.31. The monoisotopic (exact) mass is 316 g/mol. The van der Waals surface area contributed by atoms with E-state index in [2.05, 4.69) is 22.3 Å². The predicted molar refractivity (Wildman–Crippen MR) is 91.8 cm³/mol. The van der Waals surface area contributed by atoms with Gasteiger partial charge in [-0.1, -0.05) is 6.58 Å². The summed E-state index contributed by atoms with van der Waals surface area (Å²) in [6.45, 7) is 4.24.